The van der Waals surface area contributed by atoms with E-state index in [4.69, 9.17) is 16.7 Å². The van der Waals surface area contributed by atoms with E-state index in [9.17, 15) is 8.42 Å². The molecule has 0 aliphatic rings. The summed E-state index contributed by atoms with van der Waals surface area (Å²) in [5.74, 6) is 0. The van der Waals surface area contributed by atoms with Gasteiger partial charge in [0.2, 0.25) is 10.0 Å². The van der Waals surface area contributed by atoms with Gasteiger partial charge in [-0.15, -0.1) is 0 Å². The minimum absolute atomic E-state index is 0.000409. The van der Waals surface area contributed by atoms with Crippen molar-refractivity contribution in [3.63, 3.8) is 0 Å². The van der Waals surface area contributed by atoms with Gasteiger partial charge in [-0.25, -0.2) is 13.1 Å². The molecule has 4 nitrogen and oxygen atoms in total. The number of benzene rings is 1. The summed E-state index contributed by atoms with van der Waals surface area (Å²) in [6.45, 7) is 1.53. The van der Waals surface area contributed by atoms with E-state index in [1.807, 2.05) is 0 Å². The second-order valence-electron chi connectivity index (χ2n) is 3.48. The van der Waals surface area contributed by atoms with E-state index >= 15 is 0 Å². The van der Waals surface area contributed by atoms with Gasteiger partial charge in [-0.1, -0.05) is 34.5 Å². The summed E-state index contributed by atoms with van der Waals surface area (Å²) < 4.78 is 27.0. The molecule has 0 aliphatic heterocycles. The van der Waals surface area contributed by atoms with Crippen molar-refractivity contribution in [2.75, 3.05) is 6.61 Å². The highest BCUT2D eigenvalue weighted by molar-refractivity contribution is 9.10. The Labute approximate surface area is 114 Å². The summed E-state index contributed by atoms with van der Waals surface area (Å²) in [5, 5.41) is 9.14. The van der Waals surface area contributed by atoms with Crippen LogP contribution in [0.4, 0.5) is 0 Å². The largest absolute Gasteiger partial charge is 0.395 e. The topological polar surface area (TPSA) is 66.4 Å². The molecule has 1 atom stereocenters. The first-order valence-corrected chi connectivity index (χ1v) is 7.64. The van der Waals surface area contributed by atoms with Crippen LogP contribution in [0.3, 0.4) is 0 Å². The molecule has 2 N–H and O–H groups in total. The number of hydrogen-bond donors (Lipinski definition) is 2. The average molecular weight is 343 g/mol. The molecule has 0 spiro atoms. The second-order valence-corrected chi connectivity index (χ2v) is 6.49. The second kappa shape index (κ2) is 6.15. The van der Waals surface area contributed by atoms with Crippen LogP contribution in [0.5, 0.6) is 0 Å². The maximum Gasteiger partial charge on any atom is 0.242 e. The lowest BCUT2D eigenvalue weighted by molar-refractivity contribution is 0.254. The Balaban J connectivity index is 3.09. The zero-order valence-corrected chi connectivity index (χ0v) is 12.3. The summed E-state index contributed by atoms with van der Waals surface area (Å²) >= 11 is 9.04. The zero-order valence-electron chi connectivity index (χ0n) is 9.15. The van der Waals surface area contributed by atoms with E-state index in [1.165, 1.54) is 12.1 Å². The van der Waals surface area contributed by atoms with Gasteiger partial charge in [0.1, 0.15) is 4.90 Å². The first kappa shape index (κ1) is 14.9. The number of aliphatic hydroxyl groups excluding tert-OH is 1. The summed E-state index contributed by atoms with van der Waals surface area (Å²) in [6.07, 6.45) is 0.501. The molecule has 0 aliphatic carbocycles. The monoisotopic (exact) mass is 341 g/mol. The highest BCUT2D eigenvalue weighted by Gasteiger charge is 2.21. The minimum Gasteiger partial charge on any atom is -0.395 e. The Bertz CT molecular complexity index is 488. The summed E-state index contributed by atoms with van der Waals surface area (Å²) in [4.78, 5) is 0.000409. The van der Waals surface area contributed by atoms with Gasteiger partial charge in [-0.3, -0.25) is 0 Å². The lowest BCUT2D eigenvalue weighted by Gasteiger charge is -2.15. The van der Waals surface area contributed by atoms with Crippen molar-refractivity contribution in [3.8, 4) is 0 Å². The first-order valence-electron chi connectivity index (χ1n) is 4.99. The Morgan fingerprint density at radius 3 is 2.71 bits per heavy atom. The van der Waals surface area contributed by atoms with E-state index in [-0.39, 0.29) is 16.5 Å². The van der Waals surface area contributed by atoms with Gasteiger partial charge in [0.05, 0.1) is 11.6 Å². The van der Waals surface area contributed by atoms with E-state index in [1.54, 1.807) is 13.0 Å². The average Bonchev–Trinajstić information content (AvgIpc) is 2.29. The predicted molar refractivity (Wildman–Crippen MR) is 70.6 cm³/mol. The third-order valence-corrected chi connectivity index (χ3v) is 4.71. The molecule has 0 heterocycles. The minimum atomic E-state index is -3.71. The molecule has 1 aromatic carbocycles. The van der Waals surface area contributed by atoms with Crippen molar-refractivity contribution in [2.45, 2.75) is 24.3 Å². The van der Waals surface area contributed by atoms with Gasteiger partial charge in [0.25, 0.3) is 0 Å². The number of nitrogens with one attached hydrogen (secondary N) is 1. The van der Waals surface area contributed by atoms with Crippen LogP contribution in [-0.4, -0.2) is 26.2 Å². The molecule has 0 fully saturated rings. The third-order valence-electron chi connectivity index (χ3n) is 2.22. The number of hydrogen-bond acceptors (Lipinski definition) is 3. The van der Waals surface area contributed by atoms with E-state index in [0.29, 0.717) is 10.9 Å². The van der Waals surface area contributed by atoms with Gasteiger partial charge in [0.15, 0.2) is 0 Å². The Morgan fingerprint density at radius 1 is 1.53 bits per heavy atom. The van der Waals surface area contributed by atoms with Crippen LogP contribution in [0.1, 0.15) is 13.3 Å². The van der Waals surface area contributed by atoms with Gasteiger partial charge in [-0.2, -0.15) is 0 Å². The zero-order chi connectivity index (χ0) is 13.1. The predicted octanol–water partition coefficient (Wildman–Crippen LogP) is 2.15. The van der Waals surface area contributed by atoms with Crippen LogP contribution in [0.2, 0.25) is 5.02 Å². The van der Waals surface area contributed by atoms with Crippen molar-refractivity contribution in [3.05, 3.63) is 27.7 Å². The fourth-order valence-electron chi connectivity index (χ4n) is 1.22. The highest BCUT2D eigenvalue weighted by Crippen LogP contribution is 2.25. The molecule has 0 bridgehead atoms. The van der Waals surface area contributed by atoms with Crippen molar-refractivity contribution < 1.29 is 13.5 Å². The molecular weight excluding hydrogens is 330 g/mol. The van der Waals surface area contributed by atoms with Crippen LogP contribution < -0.4 is 4.72 Å². The van der Waals surface area contributed by atoms with Gasteiger partial charge < -0.3 is 5.11 Å². The Hall–Kier alpha value is -0.140. The Morgan fingerprint density at radius 2 is 2.18 bits per heavy atom. The number of sulfonamides is 1. The molecular formula is C10H13BrClNO3S. The van der Waals surface area contributed by atoms with Crippen molar-refractivity contribution in [1.82, 2.24) is 4.72 Å². The van der Waals surface area contributed by atoms with Crippen LogP contribution >= 0.6 is 27.5 Å². The Kier molecular flexibility index (Phi) is 5.40. The van der Waals surface area contributed by atoms with Crippen molar-refractivity contribution in [2.24, 2.45) is 0 Å². The molecule has 0 aromatic heterocycles. The normalized spacial score (nSPS) is 13.6. The molecule has 0 saturated heterocycles. The van der Waals surface area contributed by atoms with E-state index in [0.717, 1.165) is 0 Å². The molecule has 0 saturated carbocycles. The highest BCUT2D eigenvalue weighted by atomic mass is 79.9. The quantitative estimate of drug-likeness (QED) is 0.861. The van der Waals surface area contributed by atoms with Gasteiger partial charge in [-0.05, 0) is 24.6 Å². The molecule has 17 heavy (non-hydrogen) atoms. The van der Waals surface area contributed by atoms with Crippen LogP contribution in [0, 0.1) is 0 Å². The molecule has 0 radical (unpaired) electrons. The molecule has 0 amide bonds. The molecule has 7 heteroatoms. The number of halogens is 2. The lowest BCUT2D eigenvalue weighted by atomic mass is 10.3. The third kappa shape index (κ3) is 3.93. The smallest absolute Gasteiger partial charge is 0.242 e. The molecule has 96 valence electrons. The van der Waals surface area contributed by atoms with Crippen molar-refractivity contribution in [1.29, 1.82) is 0 Å². The van der Waals surface area contributed by atoms with E-state index in [2.05, 4.69) is 20.7 Å². The van der Waals surface area contributed by atoms with E-state index < -0.39 is 16.1 Å². The summed E-state index contributed by atoms with van der Waals surface area (Å²) in [6, 6.07) is 4.08. The molecule has 1 rings (SSSR count). The summed E-state index contributed by atoms with van der Waals surface area (Å²) in [7, 11) is -3.71. The van der Waals surface area contributed by atoms with Gasteiger partial charge >= 0.3 is 0 Å². The van der Waals surface area contributed by atoms with Crippen LogP contribution in [0.25, 0.3) is 0 Å². The number of rotatable bonds is 5. The summed E-state index contributed by atoms with van der Waals surface area (Å²) in [5.41, 5.74) is 0. The fraction of sp³-hybridized carbons (Fsp3) is 0.400. The van der Waals surface area contributed by atoms with Crippen LogP contribution in [-0.2, 0) is 10.0 Å². The maximum atomic E-state index is 12.0. The molecule has 1 aromatic rings. The van der Waals surface area contributed by atoms with Crippen molar-refractivity contribution >= 4 is 37.6 Å². The first-order chi connectivity index (χ1) is 7.90. The maximum absolute atomic E-state index is 12.0. The SMILES string of the molecule is CC[C@@H](CO)NS(=O)(=O)c1cc(Br)ccc1Cl. The van der Waals surface area contributed by atoms with Gasteiger partial charge in [0, 0.05) is 10.5 Å². The number of aliphatic hydroxyl groups is 1. The standard InChI is InChI=1S/C10H13BrClNO3S/c1-2-8(6-14)13-17(15,16)10-5-7(11)3-4-9(10)12/h3-5,8,13-14H,2,6H2,1H3/t8-/m0/s1. The van der Waals surface area contributed by atoms with Crippen LogP contribution in [0.15, 0.2) is 27.6 Å². The molecule has 0 unspecified atom stereocenters. The lowest BCUT2D eigenvalue weighted by Crippen LogP contribution is -2.37. The fourth-order valence-corrected chi connectivity index (χ4v) is 3.56.